The topological polar surface area (TPSA) is 83.6 Å². The van der Waals surface area contributed by atoms with Crippen LogP contribution in [-0.4, -0.2) is 16.2 Å². The molecule has 0 atom stereocenters. The van der Waals surface area contributed by atoms with Gasteiger partial charge in [0.1, 0.15) is 5.75 Å². The average molecular weight is 229 g/mol. The Morgan fingerprint density at radius 3 is 2.12 bits per heavy atom. The minimum Gasteiger partial charge on any atom is -0.506 e. The quantitative estimate of drug-likeness (QED) is 0.545. The summed E-state index contributed by atoms with van der Waals surface area (Å²) in [7, 11) is 0. The molecule has 0 saturated carbocycles. The number of carbonyl (C=O) groups is 1. The van der Waals surface area contributed by atoms with Crippen LogP contribution in [-0.2, 0) is 0 Å². The SMILES string of the molecule is Nc1cc(-c2ccc(C(=O)O)cc2)ccc1O. The molecule has 0 bridgehead atoms. The van der Waals surface area contributed by atoms with E-state index < -0.39 is 5.97 Å². The van der Waals surface area contributed by atoms with Crippen molar-refractivity contribution in [3.8, 4) is 16.9 Å². The molecule has 0 aromatic heterocycles. The second-order valence-corrected chi connectivity index (χ2v) is 3.66. The van der Waals surface area contributed by atoms with E-state index in [1.54, 1.807) is 24.3 Å². The zero-order valence-electron chi connectivity index (χ0n) is 8.92. The molecule has 0 radical (unpaired) electrons. The first-order valence-electron chi connectivity index (χ1n) is 5.00. The minimum absolute atomic E-state index is 0.0379. The number of phenolic OH excluding ortho intramolecular Hbond substituents is 1. The van der Waals surface area contributed by atoms with Crippen molar-refractivity contribution in [2.24, 2.45) is 0 Å². The third-order valence-electron chi connectivity index (χ3n) is 2.49. The molecule has 2 aromatic carbocycles. The molecule has 0 aliphatic rings. The summed E-state index contributed by atoms with van der Waals surface area (Å²) in [4.78, 5) is 10.7. The van der Waals surface area contributed by atoms with E-state index in [-0.39, 0.29) is 11.3 Å². The van der Waals surface area contributed by atoms with Gasteiger partial charge in [0.2, 0.25) is 0 Å². The summed E-state index contributed by atoms with van der Waals surface area (Å²) < 4.78 is 0. The van der Waals surface area contributed by atoms with Gasteiger partial charge in [0.25, 0.3) is 0 Å². The largest absolute Gasteiger partial charge is 0.506 e. The lowest BCUT2D eigenvalue weighted by molar-refractivity contribution is 0.0697. The third kappa shape index (κ3) is 2.20. The van der Waals surface area contributed by atoms with Crippen LogP contribution in [0, 0.1) is 0 Å². The van der Waals surface area contributed by atoms with Gasteiger partial charge in [0, 0.05) is 0 Å². The van der Waals surface area contributed by atoms with Gasteiger partial charge in [-0.25, -0.2) is 4.79 Å². The van der Waals surface area contributed by atoms with E-state index in [9.17, 15) is 9.90 Å². The summed E-state index contributed by atoms with van der Waals surface area (Å²) in [5.41, 5.74) is 7.80. The Labute approximate surface area is 97.9 Å². The van der Waals surface area contributed by atoms with E-state index in [0.717, 1.165) is 11.1 Å². The van der Waals surface area contributed by atoms with Crippen LogP contribution in [0.3, 0.4) is 0 Å². The highest BCUT2D eigenvalue weighted by Crippen LogP contribution is 2.27. The smallest absolute Gasteiger partial charge is 0.335 e. The molecule has 0 aliphatic heterocycles. The number of aromatic hydroxyl groups is 1. The Balaban J connectivity index is 2.39. The van der Waals surface area contributed by atoms with Crippen molar-refractivity contribution in [3.63, 3.8) is 0 Å². The minimum atomic E-state index is -0.957. The number of nitrogen functional groups attached to an aromatic ring is 1. The van der Waals surface area contributed by atoms with Crippen molar-refractivity contribution in [2.45, 2.75) is 0 Å². The van der Waals surface area contributed by atoms with E-state index in [2.05, 4.69) is 0 Å². The summed E-state index contributed by atoms with van der Waals surface area (Å²) in [6, 6.07) is 11.3. The van der Waals surface area contributed by atoms with Crippen LogP contribution in [0.5, 0.6) is 5.75 Å². The van der Waals surface area contributed by atoms with Crippen molar-refractivity contribution >= 4 is 11.7 Å². The maximum absolute atomic E-state index is 10.7. The molecule has 2 rings (SSSR count). The highest BCUT2D eigenvalue weighted by molar-refractivity contribution is 5.88. The molecule has 86 valence electrons. The van der Waals surface area contributed by atoms with Gasteiger partial charge in [0.05, 0.1) is 11.3 Å². The lowest BCUT2D eigenvalue weighted by atomic mass is 10.0. The predicted octanol–water partition coefficient (Wildman–Crippen LogP) is 2.34. The van der Waals surface area contributed by atoms with Crippen molar-refractivity contribution in [1.29, 1.82) is 0 Å². The molecular formula is C13H11NO3. The van der Waals surface area contributed by atoms with Crippen molar-refractivity contribution in [3.05, 3.63) is 48.0 Å². The first kappa shape index (κ1) is 11.0. The molecular weight excluding hydrogens is 218 g/mol. The van der Waals surface area contributed by atoms with Crippen LogP contribution in [0.25, 0.3) is 11.1 Å². The summed E-state index contributed by atoms with van der Waals surface area (Å²) in [6.45, 7) is 0. The monoisotopic (exact) mass is 229 g/mol. The van der Waals surface area contributed by atoms with Gasteiger partial charge in [-0.15, -0.1) is 0 Å². The van der Waals surface area contributed by atoms with E-state index >= 15 is 0 Å². The number of hydrogen-bond donors (Lipinski definition) is 3. The molecule has 0 fully saturated rings. The predicted molar refractivity (Wildman–Crippen MR) is 64.9 cm³/mol. The molecule has 2 aromatic rings. The second kappa shape index (κ2) is 4.17. The number of rotatable bonds is 2. The Hall–Kier alpha value is -2.49. The fourth-order valence-electron chi connectivity index (χ4n) is 1.54. The van der Waals surface area contributed by atoms with Crippen LogP contribution in [0.4, 0.5) is 5.69 Å². The Kier molecular flexibility index (Phi) is 2.70. The van der Waals surface area contributed by atoms with Gasteiger partial charge >= 0.3 is 5.97 Å². The summed E-state index contributed by atoms with van der Waals surface area (Å²) in [6.07, 6.45) is 0. The first-order valence-corrected chi connectivity index (χ1v) is 5.00. The van der Waals surface area contributed by atoms with Crippen molar-refractivity contribution in [1.82, 2.24) is 0 Å². The highest BCUT2D eigenvalue weighted by Gasteiger charge is 2.04. The van der Waals surface area contributed by atoms with Gasteiger partial charge in [-0.2, -0.15) is 0 Å². The number of nitrogens with two attached hydrogens (primary N) is 1. The summed E-state index contributed by atoms with van der Waals surface area (Å²) in [5, 5.41) is 18.1. The molecule has 0 unspecified atom stereocenters. The standard InChI is InChI=1S/C13H11NO3/c14-11-7-10(5-6-12(11)15)8-1-3-9(4-2-8)13(16)17/h1-7,15H,14H2,(H,16,17). The van der Waals surface area contributed by atoms with E-state index in [1.807, 2.05) is 0 Å². The molecule has 0 saturated heterocycles. The average Bonchev–Trinajstić information content (AvgIpc) is 2.33. The van der Waals surface area contributed by atoms with Gasteiger partial charge in [-0.3, -0.25) is 0 Å². The van der Waals surface area contributed by atoms with Crippen LogP contribution < -0.4 is 5.73 Å². The van der Waals surface area contributed by atoms with Gasteiger partial charge in [-0.1, -0.05) is 18.2 Å². The molecule has 0 spiro atoms. The molecule has 0 amide bonds. The maximum Gasteiger partial charge on any atom is 0.335 e. The van der Waals surface area contributed by atoms with Crippen LogP contribution >= 0.6 is 0 Å². The maximum atomic E-state index is 10.7. The number of benzene rings is 2. The highest BCUT2D eigenvalue weighted by atomic mass is 16.4. The zero-order valence-corrected chi connectivity index (χ0v) is 8.92. The lowest BCUT2D eigenvalue weighted by Gasteiger charge is -2.05. The number of hydrogen-bond acceptors (Lipinski definition) is 3. The fraction of sp³-hybridized carbons (Fsp3) is 0. The second-order valence-electron chi connectivity index (χ2n) is 3.66. The number of carboxylic acids is 1. The summed E-state index contributed by atoms with van der Waals surface area (Å²) in [5.74, 6) is -0.919. The third-order valence-corrected chi connectivity index (χ3v) is 2.49. The van der Waals surface area contributed by atoms with Gasteiger partial charge in [0.15, 0.2) is 0 Å². The van der Waals surface area contributed by atoms with Crippen molar-refractivity contribution in [2.75, 3.05) is 5.73 Å². The Morgan fingerprint density at radius 1 is 1.00 bits per heavy atom. The fourth-order valence-corrected chi connectivity index (χ4v) is 1.54. The molecule has 0 aliphatic carbocycles. The van der Waals surface area contributed by atoms with Crippen LogP contribution in [0.1, 0.15) is 10.4 Å². The summed E-state index contributed by atoms with van der Waals surface area (Å²) >= 11 is 0. The van der Waals surface area contributed by atoms with E-state index in [0.29, 0.717) is 5.69 Å². The van der Waals surface area contributed by atoms with Crippen LogP contribution in [0.15, 0.2) is 42.5 Å². The van der Waals surface area contributed by atoms with Gasteiger partial charge in [-0.05, 0) is 35.4 Å². The van der Waals surface area contributed by atoms with Crippen LogP contribution in [0.2, 0.25) is 0 Å². The molecule has 0 heterocycles. The van der Waals surface area contributed by atoms with E-state index in [1.165, 1.54) is 18.2 Å². The molecule has 4 nitrogen and oxygen atoms in total. The zero-order chi connectivity index (χ0) is 12.4. The Bertz CT molecular complexity index is 561. The number of aromatic carboxylic acids is 1. The number of phenols is 1. The molecule has 4 N–H and O–H groups in total. The van der Waals surface area contributed by atoms with Gasteiger partial charge < -0.3 is 15.9 Å². The first-order chi connectivity index (χ1) is 8.08. The normalized spacial score (nSPS) is 10.1. The van der Waals surface area contributed by atoms with Crippen molar-refractivity contribution < 1.29 is 15.0 Å². The number of carboxylic acid groups (broad SMARTS) is 1. The molecule has 17 heavy (non-hydrogen) atoms. The lowest BCUT2D eigenvalue weighted by Crippen LogP contribution is -1.95. The Morgan fingerprint density at radius 2 is 1.59 bits per heavy atom. The van der Waals surface area contributed by atoms with E-state index in [4.69, 9.17) is 10.8 Å². The number of anilines is 1. The molecule has 4 heteroatoms.